The number of hydrogen-bond acceptors (Lipinski definition) is 3. The Labute approximate surface area is 134 Å². The molecule has 0 amide bonds. The molecule has 0 spiro atoms. The van der Waals surface area contributed by atoms with Crippen molar-refractivity contribution in [3.63, 3.8) is 0 Å². The van der Waals surface area contributed by atoms with E-state index in [0.717, 1.165) is 11.1 Å². The molecule has 1 unspecified atom stereocenters. The van der Waals surface area contributed by atoms with Gasteiger partial charge in [-0.1, -0.05) is 60.7 Å². The summed E-state index contributed by atoms with van der Waals surface area (Å²) in [5.74, 6) is 0. The summed E-state index contributed by atoms with van der Waals surface area (Å²) < 4.78 is 1.43. The lowest BCUT2D eigenvalue weighted by atomic mass is 10.00. The minimum absolute atomic E-state index is 0.196. The zero-order chi connectivity index (χ0) is 16.2. The van der Waals surface area contributed by atoms with Crippen LogP contribution in [0.3, 0.4) is 0 Å². The smallest absolute Gasteiger partial charge is 0.275 e. The summed E-state index contributed by atoms with van der Waals surface area (Å²) in [6, 6.07) is 19.1. The van der Waals surface area contributed by atoms with Crippen molar-refractivity contribution in [1.82, 2.24) is 9.78 Å². The van der Waals surface area contributed by atoms with Crippen LogP contribution < -0.4 is 5.56 Å². The fraction of sp³-hybridized carbons (Fsp3) is 0.158. The van der Waals surface area contributed by atoms with Crippen molar-refractivity contribution in [2.45, 2.75) is 19.6 Å². The molecule has 1 N–H and O–H groups in total. The molecule has 116 valence electrons. The Hall–Kier alpha value is -2.72. The molecule has 0 radical (unpaired) electrons. The summed E-state index contributed by atoms with van der Waals surface area (Å²) in [5, 5.41) is 14.2. The second-order valence-electron chi connectivity index (χ2n) is 5.47. The van der Waals surface area contributed by atoms with Crippen molar-refractivity contribution < 1.29 is 5.11 Å². The molecule has 0 aliphatic rings. The van der Waals surface area contributed by atoms with Gasteiger partial charge in [0.15, 0.2) is 0 Å². The van der Waals surface area contributed by atoms with Gasteiger partial charge >= 0.3 is 0 Å². The Kier molecular flexibility index (Phi) is 4.35. The van der Waals surface area contributed by atoms with Gasteiger partial charge in [0.1, 0.15) is 0 Å². The maximum atomic E-state index is 12.9. The first kappa shape index (κ1) is 15.2. The molecule has 23 heavy (non-hydrogen) atoms. The van der Waals surface area contributed by atoms with Gasteiger partial charge in [0, 0.05) is 5.56 Å². The Morgan fingerprint density at radius 3 is 2.26 bits per heavy atom. The lowest BCUT2D eigenvalue weighted by Crippen LogP contribution is -2.26. The predicted molar refractivity (Wildman–Crippen MR) is 90.1 cm³/mol. The van der Waals surface area contributed by atoms with Gasteiger partial charge in [0.25, 0.3) is 5.56 Å². The average molecular weight is 306 g/mol. The molecule has 0 aliphatic carbocycles. The normalized spacial score (nSPS) is 12.1. The molecule has 3 rings (SSSR count). The molecule has 3 aromatic rings. The van der Waals surface area contributed by atoms with E-state index >= 15 is 0 Å². The van der Waals surface area contributed by atoms with Crippen LogP contribution in [0.5, 0.6) is 0 Å². The second kappa shape index (κ2) is 6.58. The van der Waals surface area contributed by atoms with Gasteiger partial charge in [0.05, 0.1) is 24.4 Å². The maximum absolute atomic E-state index is 12.9. The van der Waals surface area contributed by atoms with Crippen molar-refractivity contribution in [1.29, 1.82) is 0 Å². The van der Waals surface area contributed by atoms with Crippen molar-refractivity contribution in [2.75, 3.05) is 0 Å². The number of hydrogen-bond donors (Lipinski definition) is 1. The number of benzene rings is 2. The van der Waals surface area contributed by atoms with Crippen LogP contribution in [-0.4, -0.2) is 14.9 Å². The molecule has 0 bridgehead atoms. The van der Waals surface area contributed by atoms with Gasteiger partial charge in [-0.2, -0.15) is 5.10 Å². The van der Waals surface area contributed by atoms with E-state index in [4.69, 9.17) is 0 Å². The Bertz CT molecular complexity index is 840. The van der Waals surface area contributed by atoms with E-state index in [1.54, 1.807) is 13.1 Å². The van der Waals surface area contributed by atoms with E-state index in [0.29, 0.717) is 17.7 Å². The summed E-state index contributed by atoms with van der Waals surface area (Å²) in [6.07, 6.45) is 0.828. The van der Waals surface area contributed by atoms with E-state index in [1.165, 1.54) is 4.68 Å². The lowest BCUT2D eigenvalue weighted by molar-refractivity contribution is 0.199. The SMILES string of the molecule is CC(O)c1cnn(Cc2ccccc2)c(=O)c1-c1ccccc1. The number of nitrogens with zero attached hydrogens (tertiary/aromatic N) is 2. The second-order valence-corrected chi connectivity index (χ2v) is 5.47. The van der Waals surface area contributed by atoms with Gasteiger partial charge in [-0.15, -0.1) is 0 Å². The number of aliphatic hydroxyl groups is 1. The zero-order valence-corrected chi connectivity index (χ0v) is 12.9. The summed E-state index contributed by atoms with van der Waals surface area (Å²) in [7, 11) is 0. The van der Waals surface area contributed by atoms with E-state index in [9.17, 15) is 9.90 Å². The highest BCUT2D eigenvalue weighted by molar-refractivity contribution is 5.66. The number of rotatable bonds is 4. The van der Waals surface area contributed by atoms with E-state index in [-0.39, 0.29) is 5.56 Å². The lowest BCUT2D eigenvalue weighted by Gasteiger charge is -2.14. The molecule has 0 saturated heterocycles. The molecule has 1 atom stereocenters. The van der Waals surface area contributed by atoms with Gasteiger partial charge < -0.3 is 5.11 Å². The van der Waals surface area contributed by atoms with Crippen molar-refractivity contribution in [2.24, 2.45) is 0 Å². The minimum Gasteiger partial charge on any atom is -0.389 e. The molecule has 1 heterocycles. The van der Waals surface area contributed by atoms with Crippen LogP contribution in [0.25, 0.3) is 11.1 Å². The zero-order valence-electron chi connectivity index (χ0n) is 12.9. The molecule has 0 aliphatic heterocycles. The Morgan fingerprint density at radius 2 is 1.65 bits per heavy atom. The van der Waals surface area contributed by atoms with Crippen LogP contribution in [-0.2, 0) is 6.54 Å². The third kappa shape index (κ3) is 3.22. The van der Waals surface area contributed by atoms with Crippen LogP contribution in [0.1, 0.15) is 24.2 Å². The quantitative estimate of drug-likeness (QED) is 0.806. The third-order valence-corrected chi connectivity index (χ3v) is 3.76. The highest BCUT2D eigenvalue weighted by Crippen LogP contribution is 2.24. The number of aliphatic hydroxyl groups excluding tert-OH is 1. The first-order valence-electron chi connectivity index (χ1n) is 7.54. The van der Waals surface area contributed by atoms with Crippen LogP contribution in [0.4, 0.5) is 0 Å². The van der Waals surface area contributed by atoms with Crippen LogP contribution >= 0.6 is 0 Å². The first-order valence-corrected chi connectivity index (χ1v) is 7.54. The largest absolute Gasteiger partial charge is 0.389 e. The fourth-order valence-corrected chi connectivity index (χ4v) is 2.58. The summed E-state index contributed by atoms with van der Waals surface area (Å²) >= 11 is 0. The number of aromatic nitrogens is 2. The van der Waals surface area contributed by atoms with E-state index in [2.05, 4.69) is 5.10 Å². The summed E-state index contributed by atoms with van der Waals surface area (Å²) in [5.41, 5.74) is 2.65. The van der Waals surface area contributed by atoms with Gasteiger partial charge in [-0.3, -0.25) is 4.79 Å². The molecule has 0 saturated carbocycles. The molecule has 0 fully saturated rings. The highest BCUT2D eigenvalue weighted by atomic mass is 16.3. The molecular formula is C19H18N2O2. The molecule has 2 aromatic carbocycles. The average Bonchev–Trinajstić information content (AvgIpc) is 2.58. The van der Waals surface area contributed by atoms with Crippen LogP contribution in [0, 0.1) is 0 Å². The topological polar surface area (TPSA) is 55.1 Å². The van der Waals surface area contributed by atoms with Crippen molar-refractivity contribution in [3.8, 4) is 11.1 Å². The van der Waals surface area contributed by atoms with Crippen molar-refractivity contribution >= 4 is 0 Å². The Balaban J connectivity index is 2.13. The monoisotopic (exact) mass is 306 g/mol. The fourth-order valence-electron chi connectivity index (χ4n) is 2.58. The van der Waals surface area contributed by atoms with Crippen LogP contribution in [0.2, 0.25) is 0 Å². The molecule has 1 aromatic heterocycles. The van der Waals surface area contributed by atoms with Gasteiger partial charge in [-0.25, -0.2) is 4.68 Å². The third-order valence-electron chi connectivity index (χ3n) is 3.76. The predicted octanol–water partition coefficient (Wildman–Crippen LogP) is 3.01. The standard InChI is InChI=1S/C19H18N2O2/c1-14(22)17-12-20-21(13-15-8-4-2-5-9-15)19(23)18(17)16-10-6-3-7-11-16/h2-12,14,22H,13H2,1H3. The Morgan fingerprint density at radius 1 is 1.04 bits per heavy atom. The summed E-state index contributed by atoms with van der Waals surface area (Å²) in [4.78, 5) is 12.9. The first-order chi connectivity index (χ1) is 11.2. The summed E-state index contributed by atoms with van der Waals surface area (Å²) in [6.45, 7) is 2.05. The highest BCUT2D eigenvalue weighted by Gasteiger charge is 2.16. The van der Waals surface area contributed by atoms with Crippen LogP contribution in [0.15, 0.2) is 71.7 Å². The molecule has 4 nitrogen and oxygen atoms in total. The molecular weight excluding hydrogens is 288 g/mol. The van der Waals surface area contributed by atoms with E-state index in [1.807, 2.05) is 60.7 Å². The van der Waals surface area contributed by atoms with Crippen molar-refractivity contribution in [3.05, 3.63) is 88.3 Å². The van der Waals surface area contributed by atoms with E-state index < -0.39 is 6.10 Å². The van der Waals surface area contributed by atoms with Gasteiger partial charge in [-0.05, 0) is 18.1 Å². The van der Waals surface area contributed by atoms with Gasteiger partial charge in [0.2, 0.25) is 0 Å². The molecule has 4 heteroatoms. The maximum Gasteiger partial charge on any atom is 0.275 e. The minimum atomic E-state index is -0.753.